The number of halogens is 1. The van der Waals surface area contributed by atoms with Crippen molar-refractivity contribution in [2.75, 3.05) is 19.8 Å². The van der Waals surface area contributed by atoms with Crippen molar-refractivity contribution in [1.29, 1.82) is 0 Å². The van der Waals surface area contributed by atoms with E-state index in [0.717, 1.165) is 25.8 Å². The Hall–Kier alpha value is -0.280. The summed E-state index contributed by atoms with van der Waals surface area (Å²) in [5.74, 6) is 0.538. The molecule has 0 heterocycles. The third-order valence-electron chi connectivity index (χ3n) is 2.89. The SMILES string of the molecule is CCCOCC(=O)NCC1CCCC(Cl)C1. The van der Waals surface area contributed by atoms with Gasteiger partial charge in [-0.25, -0.2) is 0 Å². The lowest BCUT2D eigenvalue weighted by Crippen LogP contribution is -2.34. The molecule has 0 radical (unpaired) electrons. The van der Waals surface area contributed by atoms with E-state index >= 15 is 0 Å². The van der Waals surface area contributed by atoms with Gasteiger partial charge < -0.3 is 10.1 Å². The number of hydrogen-bond acceptors (Lipinski definition) is 2. The average molecular weight is 248 g/mol. The molecule has 0 saturated heterocycles. The Morgan fingerprint density at radius 2 is 2.31 bits per heavy atom. The van der Waals surface area contributed by atoms with E-state index in [1.807, 2.05) is 6.92 Å². The number of rotatable bonds is 6. The number of nitrogens with one attached hydrogen (secondary N) is 1. The van der Waals surface area contributed by atoms with E-state index in [2.05, 4.69) is 5.32 Å². The van der Waals surface area contributed by atoms with Crippen molar-refractivity contribution in [2.24, 2.45) is 5.92 Å². The molecular weight excluding hydrogens is 226 g/mol. The van der Waals surface area contributed by atoms with Gasteiger partial charge in [0.05, 0.1) is 0 Å². The Morgan fingerprint density at radius 1 is 1.50 bits per heavy atom. The van der Waals surface area contributed by atoms with Gasteiger partial charge in [-0.3, -0.25) is 4.79 Å². The van der Waals surface area contributed by atoms with E-state index in [0.29, 0.717) is 17.9 Å². The van der Waals surface area contributed by atoms with Crippen molar-refractivity contribution in [1.82, 2.24) is 5.32 Å². The first-order chi connectivity index (χ1) is 7.72. The zero-order chi connectivity index (χ0) is 11.8. The monoisotopic (exact) mass is 247 g/mol. The normalized spacial score (nSPS) is 25.4. The first-order valence-electron chi connectivity index (χ1n) is 6.21. The summed E-state index contributed by atoms with van der Waals surface area (Å²) in [4.78, 5) is 11.4. The summed E-state index contributed by atoms with van der Waals surface area (Å²) < 4.78 is 5.17. The van der Waals surface area contributed by atoms with Crippen LogP contribution in [0.2, 0.25) is 0 Å². The quantitative estimate of drug-likeness (QED) is 0.578. The van der Waals surface area contributed by atoms with Crippen molar-refractivity contribution in [2.45, 2.75) is 44.4 Å². The fraction of sp³-hybridized carbons (Fsp3) is 0.917. The van der Waals surface area contributed by atoms with E-state index in [4.69, 9.17) is 16.3 Å². The fourth-order valence-electron chi connectivity index (χ4n) is 2.03. The first-order valence-corrected chi connectivity index (χ1v) is 6.64. The van der Waals surface area contributed by atoms with E-state index in [9.17, 15) is 4.79 Å². The van der Waals surface area contributed by atoms with Gasteiger partial charge in [-0.1, -0.05) is 13.3 Å². The van der Waals surface area contributed by atoms with Crippen molar-refractivity contribution in [3.8, 4) is 0 Å². The minimum absolute atomic E-state index is 0.00912. The number of alkyl halides is 1. The highest BCUT2D eigenvalue weighted by Gasteiger charge is 2.20. The Balaban J connectivity index is 2.06. The van der Waals surface area contributed by atoms with Crippen LogP contribution in [0, 0.1) is 5.92 Å². The van der Waals surface area contributed by atoms with Crippen LogP contribution in [0.4, 0.5) is 0 Å². The average Bonchev–Trinajstić information content (AvgIpc) is 2.27. The molecule has 1 rings (SSSR count). The van der Waals surface area contributed by atoms with Gasteiger partial charge >= 0.3 is 0 Å². The molecule has 94 valence electrons. The molecule has 0 spiro atoms. The van der Waals surface area contributed by atoms with Crippen LogP contribution in [-0.4, -0.2) is 31.0 Å². The van der Waals surface area contributed by atoms with Gasteiger partial charge in [0.25, 0.3) is 0 Å². The highest BCUT2D eigenvalue weighted by molar-refractivity contribution is 6.20. The van der Waals surface area contributed by atoms with E-state index in [1.54, 1.807) is 0 Å². The maximum Gasteiger partial charge on any atom is 0.246 e. The lowest BCUT2D eigenvalue weighted by molar-refractivity contribution is -0.125. The summed E-state index contributed by atoms with van der Waals surface area (Å²) in [5, 5.41) is 3.21. The molecular formula is C12H22ClNO2. The second-order valence-corrected chi connectivity index (χ2v) is 5.10. The van der Waals surface area contributed by atoms with E-state index in [-0.39, 0.29) is 12.5 Å². The highest BCUT2D eigenvalue weighted by Crippen LogP contribution is 2.27. The first kappa shape index (κ1) is 13.8. The maximum absolute atomic E-state index is 11.4. The minimum atomic E-state index is -0.00912. The molecule has 16 heavy (non-hydrogen) atoms. The third-order valence-corrected chi connectivity index (χ3v) is 3.28. The predicted molar refractivity (Wildman–Crippen MR) is 65.7 cm³/mol. The van der Waals surface area contributed by atoms with Gasteiger partial charge in [0.2, 0.25) is 5.91 Å². The molecule has 1 fully saturated rings. The Morgan fingerprint density at radius 3 is 3.00 bits per heavy atom. The molecule has 1 N–H and O–H groups in total. The van der Waals surface area contributed by atoms with Crippen LogP contribution in [0.15, 0.2) is 0 Å². The van der Waals surface area contributed by atoms with Crippen molar-refractivity contribution in [3.05, 3.63) is 0 Å². The zero-order valence-electron chi connectivity index (χ0n) is 10.0. The summed E-state index contributed by atoms with van der Waals surface area (Å²) >= 11 is 6.09. The number of amides is 1. The Labute approximate surface area is 103 Å². The molecule has 0 aromatic heterocycles. The molecule has 0 aromatic carbocycles. The number of carbonyl (C=O) groups is 1. The molecule has 4 heteroatoms. The van der Waals surface area contributed by atoms with Crippen molar-refractivity contribution < 1.29 is 9.53 Å². The molecule has 2 atom stereocenters. The Kier molecular flexibility index (Phi) is 6.81. The molecule has 1 aliphatic carbocycles. The molecule has 3 nitrogen and oxygen atoms in total. The highest BCUT2D eigenvalue weighted by atomic mass is 35.5. The van der Waals surface area contributed by atoms with Crippen LogP contribution < -0.4 is 5.32 Å². The molecule has 0 aromatic rings. The van der Waals surface area contributed by atoms with Gasteiger partial charge in [-0.2, -0.15) is 0 Å². The van der Waals surface area contributed by atoms with Crippen molar-refractivity contribution in [3.63, 3.8) is 0 Å². The van der Waals surface area contributed by atoms with Crippen molar-refractivity contribution >= 4 is 17.5 Å². The second-order valence-electron chi connectivity index (χ2n) is 4.49. The fourth-order valence-corrected chi connectivity index (χ4v) is 2.44. The standard InChI is InChI=1S/C12H22ClNO2/c1-2-6-16-9-12(15)14-8-10-4-3-5-11(13)7-10/h10-11H,2-9H2,1H3,(H,14,15). The number of ether oxygens (including phenoxy) is 1. The van der Waals surface area contributed by atoms with Crippen LogP contribution in [-0.2, 0) is 9.53 Å². The van der Waals surface area contributed by atoms with Crippen LogP contribution in [0.3, 0.4) is 0 Å². The smallest absolute Gasteiger partial charge is 0.246 e. The Bertz CT molecular complexity index is 211. The molecule has 0 bridgehead atoms. The molecule has 0 aliphatic heterocycles. The van der Waals surface area contributed by atoms with E-state index in [1.165, 1.54) is 12.8 Å². The van der Waals surface area contributed by atoms with Crippen LogP contribution in [0.5, 0.6) is 0 Å². The van der Waals surface area contributed by atoms with Gasteiger partial charge in [0, 0.05) is 18.5 Å². The van der Waals surface area contributed by atoms with Crippen LogP contribution in [0.25, 0.3) is 0 Å². The van der Waals surface area contributed by atoms with Gasteiger partial charge in [0.15, 0.2) is 0 Å². The molecule has 2 unspecified atom stereocenters. The summed E-state index contributed by atoms with van der Waals surface area (Å²) in [7, 11) is 0. The topological polar surface area (TPSA) is 38.3 Å². The third kappa shape index (κ3) is 5.71. The number of carbonyl (C=O) groups excluding carboxylic acids is 1. The summed E-state index contributed by atoms with van der Waals surface area (Å²) in [6, 6.07) is 0. The van der Waals surface area contributed by atoms with Gasteiger partial charge in [-0.15, -0.1) is 11.6 Å². The summed E-state index contributed by atoms with van der Waals surface area (Å²) in [6.07, 6.45) is 5.45. The largest absolute Gasteiger partial charge is 0.372 e. The molecule has 1 amide bonds. The van der Waals surface area contributed by atoms with Gasteiger partial charge in [0.1, 0.15) is 6.61 Å². The number of hydrogen-bond donors (Lipinski definition) is 1. The van der Waals surface area contributed by atoms with Crippen LogP contribution in [0.1, 0.15) is 39.0 Å². The lowest BCUT2D eigenvalue weighted by atomic mass is 9.89. The van der Waals surface area contributed by atoms with Crippen LogP contribution >= 0.6 is 11.6 Å². The molecule has 1 aliphatic rings. The molecule has 1 saturated carbocycles. The second kappa shape index (κ2) is 7.91. The van der Waals surface area contributed by atoms with Gasteiger partial charge in [-0.05, 0) is 31.6 Å². The summed E-state index contributed by atoms with van der Waals surface area (Å²) in [5.41, 5.74) is 0. The zero-order valence-corrected chi connectivity index (χ0v) is 10.8. The lowest BCUT2D eigenvalue weighted by Gasteiger charge is -2.25. The summed E-state index contributed by atoms with van der Waals surface area (Å²) in [6.45, 7) is 3.61. The maximum atomic E-state index is 11.4. The minimum Gasteiger partial charge on any atom is -0.372 e. The van der Waals surface area contributed by atoms with E-state index < -0.39 is 0 Å². The predicted octanol–water partition coefficient (Wildman–Crippen LogP) is 2.33.